The van der Waals surface area contributed by atoms with Crippen molar-refractivity contribution in [2.75, 3.05) is 18.6 Å². The topological polar surface area (TPSA) is 80.8 Å². The number of hydrogen-bond donors (Lipinski definition) is 1. The van der Waals surface area contributed by atoms with Crippen LogP contribution in [0.5, 0.6) is 17.4 Å². The van der Waals surface area contributed by atoms with Gasteiger partial charge in [-0.25, -0.2) is 9.69 Å². The Kier molecular flexibility index (Phi) is 3.61. The standard InChI is InChI=1S/C15H13N3O4/c1-21-10-4-2-5-11(8-10)22-13-7-3-6-12(17-13)18-14(19)9-16-15(18)20/h2-8H,9H2,1H3,(H,16,20). The number of nitrogens with zero attached hydrogens (tertiary/aromatic N) is 2. The molecule has 112 valence electrons. The van der Waals surface area contributed by atoms with Crippen molar-refractivity contribution in [1.82, 2.24) is 10.3 Å². The minimum absolute atomic E-state index is 0.0263. The first-order chi connectivity index (χ1) is 10.7. The molecule has 0 spiro atoms. The lowest BCUT2D eigenvalue weighted by Gasteiger charge is -2.12. The van der Waals surface area contributed by atoms with Crippen LogP contribution >= 0.6 is 0 Å². The van der Waals surface area contributed by atoms with Crippen LogP contribution in [0.25, 0.3) is 0 Å². The summed E-state index contributed by atoms with van der Waals surface area (Å²) in [5, 5.41) is 2.44. The van der Waals surface area contributed by atoms with E-state index in [1.54, 1.807) is 49.6 Å². The van der Waals surface area contributed by atoms with E-state index >= 15 is 0 Å². The van der Waals surface area contributed by atoms with Gasteiger partial charge in [0, 0.05) is 12.1 Å². The fraction of sp³-hybridized carbons (Fsp3) is 0.133. The third-order valence-corrected chi connectivity index (χ3v) is 3.04. The number of methoxy groups -OCH3 is 1. The molecule has 0 saturated carbocycles. The molecule has 0 radical (unpaired) electrons. The van der Waals surface area contributed by atoms with Gasteiger partial charge in [0.1, 0.15) is 17.3 Å². The number of nitrogens with one attached hydrogen (secondary N) is 1. The van der Waals surface area contributed by atoms with E-state index in [1.165, 1.54) is 0 Å². The predicted molar refractivity (Wildman–Crippen MR) is 78.2 cm³/mol. The van der Waals surface area contributed by atoms with E-state index in [4.69, 9.17) is 9.47 Å². The van der Waals surface area contributed by atoms with Crippen LogP contribution in [0.2, 0.25) is 0 Å². The average molecular weight is 299 g/mol. The molecule has 0 atom stereocenters. The van der Waals surface area contributed by atoms with Crippen molar-refractivity contribution in [1.29, 1.82) is 0 Å². The quantitative estimate of drug-likeness (QED) is 0.873. The van der Waals surface area contributed by atoms with Gasteiger partial charge < -0.3 is 14.8 Å². The zero-order valence-electron chi connectivity index (χ0n) is 11.8. The molecule has 0 aliphatic carbocycles. The average Bonchev–Trinajstić information content (AvgIpc) is 2.87. The summed E-state index contributed by atoms with van der Waals surface area (Å²) in [5.74, 6) is 1.35. The van der Waals surface area contributed by atoms with Gasteiger partial charge in [0.25, 0.3) is 5.91 Å². The lowest BCUT2D eigenvalue weighted by molar-refractivity contribution is -0.115. The number of hydrogen-bond acceptors (Lipinski definition) is 5. The molecule has 3 amide bonds. The van der Waals surface area contributed by atoms with E-state index in [-0.39, 0.29) is 24.1 Å². The Labute approximate surface area is 126 Å². The maximum atomic E-state index is 11.7. The molecule has 2 aromatic rings. The van der Waals surface area contributed by atoms with E-state index in [0.29, 0.717) is 11.5 Å². The highest BCUT2D eigenvalue weighted by atomic mass is 16.5. The van der Waals surface area contributed by atoms with Crippen molar-refractivity contribution in [2.45, 2.75) is 0 Å². The van der Waals surface area contributed by atoms with Crippen LogP contribution in [-0.4, -0.2) is 30.6 Å². The van der Waals surface area contributed by atoms with Gasteiger partial charge >= 0.3 is 6.03 Å². The van der Waals surface area contributed by atoms with Crippen LogP contribution in [0.15, 0.2) is 42.5 Å². The van der Waals surface area contributed by atoms with Crippen molar-refractivity contribution in [2.24, 2.45) is 0 Å². The minimum atomic E-state index is -0.490. The first-order valence-corrected chi connectivity index (χ1v) is 6.57. The molecule has 1 aliphatic rings. The summed E-state index contributed by atoms with van der Waals surface area (Å²) in [6, 6.07) is 11.4. The molecule has 22 heavy (non-hydrogen) atoms. The summed E-state index contributed by atoms with van der Waals surface area (Å²) in [5.41, 5.74) is 0. The van der Waals surface area contributed by atoms with Gasteiger partial charge in [0.2, 0.25) is 5.88 Å². The summed E-state index contributed by atoms with van der Waals surface area (Å²) >= 11 is 0. The number of pyridine rings is 1. The second kappa shape index (κ2) is 5.72. The zero-order valence-corrected chi connectivity index (χ0v) is 11.8. The minimum Gasteiger partial charge on any atom is -0.497 e. The Morgan fingerprint density at radius 3 is 2.64 bits per heavy atom. The monoisotopic (exact) mass is 299 g/mol. The highest BCUT2D eigenvalue weighted by molar-refractivity contribution is 6.19. The van der Waals surface area contributed by atoms with Crippen LogP contribution in [0, 0.1) is 0 Å². The summed E-state index contributed by atoms with van der Waals surface area (Å²) in [7, 11) is 1.57. The molecule has 7 heteroatoms. The van der Waals surface area contributed by atoms with E-state index in [9.17, 15) is 9.59 Å². The molecule has 2 heterocycles. The number of rotatable bonds is 4. The summed E-state index contributed by atoms with van der Waals surface area (Å²) in [6.45, 7) is -0.0263. The zero-order chi connectivity index (χ0) is 15.5. The second-order valence-corrected chi connectivity index (χ2v) is 4.50. The number of urea groups is 1. The number of aromatic nitrogens is 1. The number of imide groups is 1. The third kappa shape index (κ3) is 2.69. The molecule has 1 aromatic carbocycles. The van der Waals surface area contributed by atoms with Crippen molar-refractivity contribution >= 4 is 17.8 Å². The number of carbonyl (C=O) groups excluding carboxylic acids is 2. The Morgan fingerprint density at radius 1 is 1.14 bits per heavy atom. The molecular formula is C15H13N3O4. The maximum absolute atomic E-state index is 11.7. The first-order valence-electron chi connectivity index (χ1n) is 6.57. The van der Waals surface area contributed by atoms with Gasteiger partial charge in [0.05, 0.1) is 13.7 Å². The number of carbonyl (C=O) groups is 2. The Bertz CT molecular complexity index is 716. The van der Waals surface area contributed by atoms with Gasteiger partial charge in [-0.15, -0.1) is 0 Å². The van der Waals surface area contributed by atoms with Gasteiger partial charge in [-0.3, -0.25) is 4.79 Å². The fourth-order valence-corrected chi connectivity index (χ4v) is 2.03. The smallest absolute Gasteiger partial charge is 0.330 e. The molecule has 0 unspecified atom stereocenters. The predicted octanol–water partition coefficient (Wildman–Crippen LogP) is 1.94. The van der Waals surface area contributed by atoms with Gasteiger partial charge in [-0.1, -0.05) is 12.1 Å². The van der Waals surface area contributed by atoms with Gasteiger partial charge in [0.15, 0.2) is 0 Å². The molecule has 7 nitrogen and oxygen atoms in total. The van der Waals surface area contributed by atoms with E-state index < -0.39 is 6.03 Å². The third-order valence-electron chi connectivity index (χ3n) is 3.04. The van der Waals surface area contributed by atoms with Crippen LogP contribution in [-0.2, 0) is 4.79 Å². The SMILES string of the molecule is COc1cccc(Oc2cccc(N3C(=O)CNC3=O)n2)c1. The highest BCUT2D eigenvalue weighted by Gasteiger charge is 2.31. The normalized spacial score (nSPS) is 14.0. The van der Waals surface area contributed by atoms with Crippen LogP contribution in [0.3, 0.4) is 0 Å². The summed E-state index contributed by atoms with van der Waals surface area (Å²) in [4.78, 5) is 28.5. The molecule has 0 bridgehead atoms. The molecular weight excluding hydrogens is 286 g/mol. The van der Waals surface area contributed by atoms with Crippen LogP contribution < -0.4 is 19.7 Å². The first kappa shape index (κ1) is 13.9. The number of benzene rings is 1. The Hall–Kier alpha value is -3.09. The molecule has 3 rings (SSSR count). The lowest BCUT2D eigenvalue weighted by Crippen LogP contribution is -2.31. The second-order valence-electron chi connectivity index (χ2n) is 4.50. The number of anilines is 1. The van der Waals surface area contributed by atoms with Crippen molar-refractivity contribution in [3.05, 3.63) is 42.5 Å². The molecule has 1 N–H and O–H groups in total. The van der Waals surface area contributed by atoms with Crippen LogP contribution in [0.1, 0.15) is 0 Å². The Morgan fingerprint density at radius 2 is 1.91 bits per heavy atom. The molecule has 1 aromatic heterocycles. The molecule has 1 fully saturated rings. The van der Waals surface area contributed by atoms with E-state index in [0.717, 1.165) is 4.90 Å². The number of ether oxygens (including phenoxy) is 2. The lowest BCUT2D eigenvalue weighted by atomic mass is 10.3. The molecule has 1 aliphatic heterocycles. The molecule has 1 saturated heterocycles. The summed E-state index contributed by atoms with van der Waals surface area (Å²) in [6.07, 6.45) is 0. The van der Waals surface area contributed by atoms with Gasteiger partial charge in [-0.2, -0.15) is 4.98 Å². The fourth-order valence-electron chi connectivity index (χ4n) is 2.03. The number of amides is 3. The summed E-state index contributed by atoms with van der Waals surface area (Å²) < 4.78 is 10.8. The highest BCUT2D eigenvalue weighted by Crippen LogP contribution is 2.25. The maximum Gasteiger partial charge on any atom is 0.330 e. The Balaban J connectivity index is 1.85. The van der Waals surface area contributed by atoms with Gasteiger partial charge in [-0.05, 0) is 18.2 Å². The van der Waals surface area contributed by atoms with Crippen molar-refractivity contribution in [3.63, 3.8) is 0 Å². The van der Waals surface area contributed by atoms with E-state index in [2.05, 4.69) is 10.3 Å². The largest absolute Gasteiger partial charge is 0.497 e. The van der Waals surface area contributed by atoms with E-state index in [1.807, 2.05) is 0 Å². The van der Waals surface area contributed by atoms with Crippen molar-refractivity contribution < 1.29 is 19.1 Å². The van der Waals surface area contributed by atoms with Crippen LogP contribution in [0.4, 0.5) is 10.6 Å². The van der Waals surface area contributed by atoms with Crippen molar-refractivity contribution in [3.8, 4) is 17.4 Å².